The number of fused-ring (bicyclic) bond motifs is 7. The molecule has 3 aromatic carbocycles. The number of nitrogens with zero attached hydrogens (tertiary/aromatic N) is 1. The monoisotopic (exact) mass is 557 g/mol. The number of benzene rings is 3. The third-order valence-corrected chi connectivity index (χ3v) is 9.54. The maximum absolute atomic E-state index is 14.9. The number of Topliss-reactive ketones (excluding diaryl/α,β-unsaturated/α-hetero) is 1. The van der Waals surface area contributed by atoms with Crippen LogP contribution in [0.15, 0.2) is 54.6 Å². The maximum atomic E-state index is 14.9. The fourth-order valence-electron chi connectivity index (χ4n) is 7.98. The molecule has 0 unspecified atom stereocenters. The fourth-order valence-corrected chi connectivity index (χ4v) is 8.25. The Labute approximate surface area is 236 Å². The number of ketones is 1. The van der Waals surface area contributed by atoms with Crippen molar-refractivity contribution in [2.45, 2.75) is 36.8 Å². The van der Waals surface area contributed by atoms with Crippen LogP contribution in [-0.2, 0) is 20.5 Å². The number of para-hydroxylation sites is 1. The van der Waals surface area contributed by atoms with Crippen molar-refractivity contribution in [2.75, 3.05) is 31.4 Å². The number of nitrogens with one attached hydrogen (secondary N) is 2. The molecule has 0 bridgehead atoms. The van der Waals surface area contributed by atoms with Crippen molar-refractivity contribution >= 4 is 40.6 Å². The lowest BCUT2D eigenvalue weighted by molar-refractivity contribution is -0.137. The Hall–Kier alpha value is -3.88. The lowest BCUT2D eigenvalue weighted by atomic mass is 9.57. The molecule has 4 atom stereocenters. The number of hydrogen-bond donors (Lipinski definition) is 2. The zero-order valence-electron chi connectivity index (χ0n) is 22.3. The summed E-state index contributed by atoms with van der Waals surface area (Å²) in [6.07, 6.45) is 1.45. The van der Waals surface area contributed by atoms with Crippen LogP contribution in [0.1, 0.15) is 39.9 Å². The molecule has 2 amide bonds. The van der Waals surface area contributed by atoms with Gasteiger partial charge in [0.05, 0.1) is 25.7 Å². The van der Waals surface area contributed by atoms with Gasteiger partial charge in [0, 0.05) is 34.1 Å². The smallest absolute Gasteiger partial charge is 0.251 e. The third kappa shape index (κ3) is 2.82. The zero-order chi connectivity index (χ0) is 28.0. The summed E-state index contributed by atoms with van der Waals surface area (Å²) in [6.45, 7) is 2.45. The first-order valence-corrected chi connectivity index (χ1v) is 13.7. The maximum Gasteiger partial charge on any atom is 0.251 e. The first-order chi connectivity index (χ1) is 19.3. The van der Waals surface area contributed by atoms with Gasteiger partial charge < -0.3 is 20.1 Å². The molecule has 40 heavy (non-hydrogen) atoms. The molecule has 3 aromatic rings. The Kier molecular flexibility index (Phi) is 5.37. The largest absolute Gasteiger partial charge is 0.497 e. The summed E-state index contributed by atoms with van der Waals surface area (Å²) in [5.41, 5.74) is 0.643. The van der Waals surface area contributed by atoms with Crippen LogP contribution in [0.5, 0.6) is 11.5 Å². The van der Waals surface area contributed by atoms with Gasteiger partial charge in [0.1, 0.15) is 22.5 Å². The van der Waals surface area contributed by atoms with Gasteiger partial charge in [-0.2, -0.15) is 0 Å². The summed E-state index contributed by atoms with van der Waals surface area (Å²) >= 11 is 6.62. The molecule has 4 aliphatic heterocycles. The van der Waals surface area contributed by atoms with Crippen molar-refractivity contribution in [3.05, 3.63) is 81.9 Å². The minimum absolute atomic E-state index is 0.250. The van der Waals surface area contributed by atoms with Crippen molar-refractivity contribution in [3.8, 4) is 11.5 Å². The number of carbonyl (C=O) groups excluding carboxylic acids is 3. The number of halogens is 1. The first kappa shape index (κ1) is 25.1. The standard InChI is InChI=1S/C31H28ClN3O5/c1-16-13-17(32)14-21-26(16)34-29(38)31(21)30(20-7-4-5-8-22(20)33-28(30)37)25(23-9-6-12-35(23)31)27(36)19-11-10-18(39-2)15-24(19)40-3/h4-5,7-8,10-11,13-15,23,25H,6,9,12H2,1-3H3,(H,33,37)(H,34,38)/t23-,25-,30-,31+/m0/s1. The minimum atomic E-state index is -1.55. The number of hydrogen-bond acceptors (Lipinski definition) is 6. The van der Waals surface area contributed by atoms with Gasteiger partial charge in [-0.3, -0.25) is 19.3 Å². The van der Waals surface area contributed by atoms with Gasteiger partial charge in [-0.15, -0.1) is 0 Å². The van der Waals surface area contributed by atoms with Crippen LogP contribution in [0.2, 0.25) is 5.02 Å². The fraction of sp³-hybridized carbons (Fsp3) is 0.323. The van der Waals surface area contributed by atoms with Crippen LogP contribution in [-0.4, -0.2) is 49.3 Å². The van der Waals surface area contributed by atoms with E-state index in [1.165, 1.54) is 7.11 Å². The molecule has 2 fully saturated rings. The Morgan fingerprint density at radius 3 is 2.58 bits per heavy atom. The van der Waals surface area contributed by atoms with E-state index in [-0.39, 0.29) is 23.6 Å². The molecule has 7 rings (SSSR count). The predicted molar refractivity (Wildman–Crippen MR) is 150 cm³/mol. The van der Waals surface area contributed by atoms with Crippen molar-refractivity contribution in [2.24, 2.45) is 5.92 Å². The lowest BCUT2D eigenvalue weighted by Gasteiger charge is -2.43. The highest BCUT2D eigenvalue weighted by atomic mass is 35.5. The molecular formula is C31H28ClN3O5. The Bertz CT molecular complexity index is 1640. The molecule has 0 saturated carbocycles. The molecule has 0 aliphatic carbocycles. The lowest BCUT2D eigenvalue weighted by Crippen LogP contribution is -2.62. The molecule has 2 N–H and O–H groups in total. The number of anilines is 2. The average Bonchev–Trinajstić information content (AvgIpc) is 3.67. The summed E-state index contributed by atoms with van der Waals surface area (Å²) < 4.78 is 11.0. The molecule has 2 saturated heterocycles. The highest BCUT2D eigenvalue weighted by Crippen LogP contribution is 2.68. The van der Waals surface area contributed by atoms with Crippen LogP contribution in [0.25, 0.3) is 0 Å². The Morgan fingerprint density at radius 1 is 1.00 bits per heavy atom. The van der Waals surface area contributed by atoms with Crippen LogP contribution >= 0.6 is 11.6 Å². The van der Waals surface area contributed by atoms with Gasteiger partial charge in [0.2, 0.25) is 5.91 Å². The summed E-state index contributed by atoms with van der Waals surface area (Å²) in [7, 11) is 3.05. The number of ether oxygens (including phenoxy) is 2. The molecule has 0 aromatic heterocycles. The van der Waals surface area contributed by atoms with Gasteiger partial charge in [0.25, 0.3) is 5.91 Å². The van der Waals surface area contributed by atoms with E-state index in [1.54, 1.807) is 37.4 Å². The first-order valence-electron chi connectivity index (χ1n) is 13.4. The van der Waals surface area contributed by atoms with E-state index in [4.69, 9.17) is 21.1 Å². The van der Waals surface area contributed by atoms with Gasteiger partial charge in [-0.1, -0.05) is 29.8 Å². The van der Waals surface area contributed by atoms with Crippen molar-refractivity contribution in [1.82, 2.24) is 4.90 Å². The minimum Gasteiger partial charge on any atom is -0.497 e. The summed E-state index contributed by atoms with van der Waals surface area (Å²) in [6, 6.07) is 15.7. The number of methoxy groups -OCH3 is 2. The molecule has 204 valence electrons. The highest BCUT2D eigenvalue weighted by molar-refractivity contribution is 6.31. The second-order valence-electron chi connectivity index (χ2n) is 10.9. The Balaban J connectivity index is 1.58. The van der Waals surface area contributed by atoms with Crippen LogP contribution in [0.3, 0.4) is 0 Å². The number of rotatable bonds is 4. The van der Waals surface area contributed by atoms with E-state index in [1.807, 2.05) is 31.2 Å². The number of amides is 2. The second-order valence-corrected chi connectivity index (χ2v) is 11.4. The van der Waals surface area contributed by atoms with Crippen LogP contribution in [0, 0.1) is 12.8 Å². The van der Waals surface area contributed by atoms with Gasteiger partial charge in [-0.25, -0.2) is 0 Å². The quantitative estimate of drug-likeness (QED) is 0.452. The molecular weight excluding hydrogens is 530 g/mol. The summed E-state index contributed by atoms with van der Waals surface area (Å²) in [4.78, 5) is 46.2. The Morgan fingerprint density at radius 2 is 1.80 bits per heavy atom. The van der Waals surface area contributed by atoms with E-state index >= 15 is 0 Å². The van der Waals surface area contributed by atoms with E-state index in [0.29, 0.717) is 57.6 Å². The molecule has 0 radical (unpaired) electrons. The van der Waals surface area contributed by atoms with E-state index in [9.17, 15) is 14.4 Å². The van der Waals surface area contributed by atoms with Gasteiger partial charge >= 0.3 is 0 Å². The summed E-state index contributed by atoms with van der Waals surface area (Å²) in [5, 5.41) is 6.63. The van der Waals surface area contributed by atoms with Crippen molar-refractivity contribution in [1.29, 1.82) is 0 Å². The van der Waals surface area contributed by atoms with Gasteiger partial charge in [0.15, 0.2) is 5.78 Å². The van der Waals surface area contributed by atoms with Crippen molar-refractivity contribution in [3.63, 3.8) is 0 Å². The highest BCUT2D eigenvalue weighted by Gasteiger charge is 2.81. The molecule has 2 spiro atoms. The molecule has 9 heteroatoms. The van der Waals surface area contributed by atoms with Crippen LogP contribution in [0.4, 0.5) is 11.4 Å². The van der Waals surface area contributed by atoms with Gasteiger partial charge in [-0.05, 0) is 67.8 Å². The SMILES string of the molecule is COc1ccc(C(=O)[C@@H]2[C@@H]3CCCN3[C@]3(C(=O)Nc4c(C)cc(Cl)cc43)[C@]23C(=O)Nc2ccccc23)c(OC)c1. The number of carbonyl (C=O) groups is 3. The molecule has 8 nitrogen and oxygen atoms in total. The number of aryl methyl sites for hydroxylation is 1. The molecule has 4 heterocycles. The second kappa shape index (κ2) is 8.56. The van der Waals surface area contributed by atoms with E-state index in [2.05, 4.69) is 15.5 Å². The summed E-state index contributed by atoms with van der Waals surface area (Å²) in [5.74, 6) is -0.909. The van der Waals surface area contributed by atoms with Crippen molar-refractivity contribution < 1.29 is 23.9 Å². The van der Waals surface area contributed by atoms with E-state index < -0.39 is 16.9 Å². The topological polar surface area (TPSA) is 97.0 Å². The van der Waals surface area contributed by atoms with Crippen LogP contribution < -0.4 is 20.1 Å². The predicted octanol–water partition coefficient (Wildman–Crippen LogP) is 4.68. The normalized spacial score (nSPS) is 27.9. The average molecular weight is 558 g/mol. The van der Waals surface area contributed by atoms with E-state index in [0.717, 1.165) is 12.0 Å². The zero-order valence-corrected chi connectivity index (χ0v) is 23.1. The molecule has 4 aliphatic rings. The third-order valence-electron chi connectivity index (χ3n) is 9.32.